The molecule has 1 heterocycles. The minimum absolute atomic E-state index is 0.0977. The van der Waals surface area contributed by atoms with Crippen LogP contribution in [0.1, 0.15) is 55.5 Å². The molecule has 0 aliphatic heterocycles. The molecule has 90 valence electrons. The second-order valence-electron chi connectivity index (χ2n) is 3.90. The van der Waals surface area contributed by atoms with Gasteiger partial charge in [0.15, 0.2) is 5.76 Å². The van der Waals surface area contributed by atoms with E-state index in [1.807, 2.05) is 6.92 Å². The van der Waals surface area contributed by atoms with Crippen molar-refractivity contribution in [1.82, 2.24) is 0 Å². The molecule has 0 aliphatic rings. The Hall–Kier alpha value is -1.13. The van der Waals surface area contributed by atoms with Crippen LogP contribution in [0.4, 0.5) is 0 Å². The van der Waals surface area contributed by atoms with E-state index in [0.29, 0.717) is 12.2 Å². The number of hydrogen-bond donors (Lipinski definition) is 2. The molecule has 0 saturated heterocycles. The third-order valence-electron chi connectivity index (χ3n) is 2.41. The number of aliphatic hydroxyl groups excluding tert-OH is 2. The molecule has 4 nitrogen and oxygen atoms in total. The van der Waals surface area contributed by atoms with E-state index >= 15 is 0 Å². The van der Waals surface area contributed by atoms with Gasteiger partial charge in [0.2, 0.25) is 5.78 Å². The first-order valence-corrected chi connectivity index (χ1v) is 5.56. The van der Waals surface area contributed by atoms with Crippen molar-refractivity contribution in [2.24, 2.45) is 0 Å². The van der Waals surface area contributed by atoms with Gasteiger partial charge in [0.25, 0.3) is 0 Å². The van der Waals surface area contributed by atoms with Crippen molar-refractivity contribution in [2.75, 3.05) is 0 Å². The van der Waals surface area contributed by atoms with Gasteiger partial charge in [-0.3, -0.25) is 4.79 Å². The van der Waals surface area contributed by atoms with Crippen LogP contribution < -0.4 is 0 Å². The van der Waals surface area contributed by atoms with E-state index in [4.69, 9.17) is 9.52 Å². The lowest BCUT2D eigenvalue weighted by molar-refractivity contribution is 0.0737. The Bertz CT molecular complexity index is 341. The van der Waals surface area contributed by atoms with E-state index < -0.39 is 18.0 Å². The fourth-order valence-corrected chi connectivity index (χ4v) is 1.41. The summed E-state index contributed by atoms with van der Waals surface area (Å²) in [6, 6.07) is 3.06. The number of unbranched alkanes of at least 4 members (excludes halogenated alkanes) is 1. The van der Waals surface area contributed by atoms with Crippen LogP contribution in [-0.2, 0) is 0 Å². The van der Waals surface area contributed by atoms with Crippen LogP contribution in [0.15, 0.2) is 16.5 Å². The summed E-state index contributed by atoms with van der Waals surface area (Å²) in [6.07, 6.45) is 0.771. The molecule has 0 bridgehead atoms. The highest BCUT2D eigenvalue weighted by Gasteiger charge is 2.18. The number of aliphatic hydroxyl groups is 2. The van der Waals surface area contributed by atoms with E-state index in [2.05, 4.69) is 0 Å². The fourth-order valence-electron chi connectivity index (χ4n) is 1.41. The Labute approximate surface area is 94.9 Å². The van der Waals surface area contributed by atoms with Crippen molar-refractivity contribution in [1.29, 1.82) is 0 Å². The van der Waals surface area contributed by atoms with Crippen molar-refractivity contribution in [3.63, 3.8) is 0 Å². The predicted molar refractivity (Wildman–Crippen MR) is 59.2 cm³/mol. The summed E-state index contributed by atoms with van der Waals surface area (Å²) in [6.45, 7) is 3.43. The zero-order chi connectivity index (χ0) is 12.1. The maximum atomic E-state index is 11.4. The lowest BCUT2D eigenvalue weighted by Gasteiger charge is -2.06. The van der Waals surface area contributed by atoms with Crippen LogP contribution in [0.5, 0.6) is 0 Å². The lowest BCUT2D eigenvalue weighted by Crippen LogP contribution is -2.15. The number of carbonyl (C=O) groups is 1. The van der Waals surface area contributed by atoms with E-state index in [1.54, 1.807) is 6.07 Å². The Kier molecular flexibility index (Phi) is 4.71. The van der Waals surface area contributed by atoms with Crippen molar-refractivity contribution < 1.29 is 19.4 Å². The van der Waals surface area contributed by atoms with Crippen molar-refractivity contribution >= 4 is 5.78 Å². The zero-order valence-corrected chi connectivity index (χ0v) is 9.64. The highest BCUT2D eigenvalue weighted by atomic mass is 16.4. The molecule has 0 saturated carbocycles. The molecular weight excluding hydrogens is 208 g/mol. The monoisotopic (exact) mass is 226 g/mol. The van der Waals surface area contributed by atoms with Crippen LogP contribution in [0, 0.1) is 0 Å². The maximum absolute atomic E-state index is 11.4. The van der Waals surface area contributed by atoms with Crippen LogP contribution in [-0.4, -0.2) is 22.1 Å². The molecule has 2 N–H and O–H groups in total. The minimum Gasteiger partial charge on any atom is -0.455 e. The van der Waals surface area contributed by atoms with Crippen LogP contribution in [0.25, 0.3) is 0 Å². The summed E-state index contributed by atoms with van der Waals surface area (Å²) in [5, 5.41) is 18.8. The minimum atomic E-state index is -1.08. The van der Waals surface area contributed by atoms with E-state index in [-0.39, 0.29) is 5.76 Å². The number of ketones is 1. The van der Waals surface area contributed by atoms with Crippen molar-refractivity contribution in [3.05, 3.63) is 23.7 Å². The molecule has 0 fully saturated rings. The van der Waals surface area contributed by atoms with Crippen molar-refractivity contribution in [2.45, 2.75) is 45.3 Å². The second kappa shape index (κ2) is 5.82. The average Bonchev–Trinajstić information content (AvgIpc) is 2.73. The maximum Gasteiger partial charge on any atom is 0.226 e. The second-order valence-corrected chi connectivity index (χ2v) is 3.90. The van der Waals surface area contributed by atoms with E-state index in [1.165, 1.54) is 13.0 Å². The number of carbonyl (C=O) groups excluding carboxylic acids is 1. The van der Waals surface area contributed by atoms with Gasteiger partial charge >= 0.3 is 0 Å². The zero-order valence-electron chi connectivity index (χ0n) is 9.64. The Morgan fingerprint density at radius 2 is 2.12 bits per heavy atom. The van der Waals surface area contributed by atoms with Gasteiger partial charge in [0, 0.05) is 0 Å². The van der Waals surface area contributed by atoms with Gasteiger partial charge in [0.05, 0.1) is 0 Å². The Balaban J connectivity index is 2.67. The van der Waals surface area contributed by atoms with Gasteiger partial charge in [-0.2, -0.15) is 0 Å². The standard InChI is InChI=1S/C12H18O4/c1-3-4-5-9(14)10-6-7-11(16-10)12(15)8(2)13/h6-9,13-14H,3-5H2,1-2H3. The normalized spacial score (nSPS) is 14.8. The van der Waals surface area contributed by atoms with Crippen LogP contribution >= 0.6 is 0 Å². The molecule has 0 amide bonds. The number of hydrogen-bond acceptors (Lipinski definition) is 4. The van der Waals surface area contributed by atoms with Gasteiger partial charge in [-0.1, -0.05) is 19.8 Å². The topological polar surface area (TPSA) is 70.7 Å². The number of furan rings is 1. The smallest absolute Gasteiger partial charge is 0.226 e. The molecule has 0 radical (unpaired) electrons. The van der Waals surface area contributed by atoms with Gasteiger partial charge < -0.3 is 14.6 Å². The molecule has 0 aliphatic carbocycles. The van der Waals surface area contributed by atoms with Crippen molar-refractivity contribution in [3.8, 4) is 0 Å². The Morgan fingerprint density at radius 1 is 1.44 bits per heavy atom. The molecule has 16 heavy (non-hydrogen) atoms. The molecular formula is C12H18O4. The third kappa shape index (κ3) is 3.18. The van der Waals surface area contributed by atoms with E-state index in [9.17, 15) is 9.90 Å². The molecule has 1 aromatic heterocycles. The summed E-state index contributed by atoms with van der Waals surface area (Å²) in [7, 11) is 0. The summed E-state index contributed by atoms with van der Waals surface area (Å²) < 4.78 is 5.21. The summed E-state index contributed by atoms with van der Waals surface area (Å²) in [5.41, 5.74) is 0. The van der Waals surface area contributed by atoms with Gasteiger partial charge in [-0.25, -0.2) is 0 Å². The highest BCUT2D eigenvalue weighted by Crippen LogP contribution is 2.22. The molecule has 2 atom stereocenters. The highest BCUT2D eigenvalue weighted by molar-refractivity contribution is 5.96. The summed E-state index contributed by atoms with van der Waals surface area (Å²) in [4.78, 5) is 11.4. The third-order valence-corrected chi connectivity index (χ3v) is 2.41. The van der Waals surface area contributed by atoms with Gasteiger partial charge in [-0.15, -0.1) is 0 Å². The number of rotatable bonds is 6. The van der Waals surface area contributed by atoms with E-state index in [0.717, 1.165) is 12.8 Å². The molecule has 2 unspecified atom stereocenters. The molecule has 4 heteroatoms. The first kappa shape index (κ1) is 12.9. The SMILES string of the molecule is CCCCC(O)c1ccc(C(=O)C(C)O)o1. The average molecular weight is 226 g/mol. The van der Waals surface area contributed by atoms with Crippen LogP contribution in [0.3, 0.4) is 0 Å². The van der Waals surface area contributed by atoms with Crippen LogP contribution in [0.2, 0.25) is 0 Å². The molecule has 1 aromatic rings. The largest absolute Gasteiger partial charge is 0.455 e. The summed E-state index contributed by atoms with van der Waals surface area (Å²) in [5.74, 6) is 0.0203. The first-order chi connectivity index (χ1) is 7.56. The summed E-state index contributed by atoms with van der Waals surface area (Å²) >= 11 is 0. The quantitative estimate of drug-likeness (QED) is 0.728. The molecule has 0 aromatic carbocycles. The lowest BCUT2D eigenvalue weighted by atomic mass is 10.1. The molecule has 1 rings (SSSR count). The first-order valence-electron chi connectivity index (χ1n) is 5.56. The molecule has 0 spiro atoms. The Morgan fingerprint density at radius 3 is 2.69 bits per heavy atom. The van der Waals surface area contributed by atoms with Gasteiger partial charge in [-0.05, 0) is 25.5 Å². The predicted octanol–water partition coefficient (Wildman–Crippen LogP) is 2.07. The fraction of sp³-hybridized carbons (Fsp3) is 0.583. The van der Waals surface area contributed by atoms with Gasteiger partial charge in [0.1, 0.15) is 18.0 Å². The number of Topliss-reactive ketones (excluding diaryl/α,β-unsaturated/α-hetero) is 1.